The number of hydrogen-bond donors (Lipinski definition) is 1. The van der Waals surface area contributed by atoms with E-state index in [1.54, 1.807) is 6.07 Å². The average molecular weight is 331 g/mol. The van der Waals surface area contributed by atoms with Crippen LogP contribution >= 0.6 is 23.2 Å². The van der Waals surface area contributed by atoms with Crippen LogP contribution in [0.2, 0.25) is 10.0 Å². The van der Waals surface area contributed by atoms with Gasteiger partial charge in [0.2, 0.25) is 5.91 Å². The molecule has 1 aromatic rings. The molecule has 0 spiro atoms. The van der Waals surface area contributed by atoms with Gasteiger partial charge in [-0.05, 0) is 24.1 Å². The summed E-state index contributed by atoms with van der Waals surface area (Å²) in [5.41, 5.74) is 0.995. The summed E-state index contributed by atoms with van der Waals surface area (Å²) in [5, 5.41) is 4.19. The van der Waals surface area contributed by atoms with E-state index in [9.17, 15) is 4.79 Å². The van der Waals surface area contributed by atoms with Crippen molar-refractivity contribution in [3.05, 3.63) is 33.8 Å². The van der Waals surface area contributed by atoms with E-state index < -0.39 is 0 Å². The van der Waals surface area contributed by atoms with Crippen molar-refractivity contribution in [2.24, 2.45) is 0 Å². The van der Waals surface area contributed by atoms with Crippen LogP contribution in [0.25, 0.3) is 0 Å². The molecular formula is C15H20Cl2N2O2. The average Bonchev–Trinajstić information content (AvgIpc) is 2.48. The van der Waals surface area contributed by atoms with Crippen LogP contribution in [0, 0.1) is 0 Å². The normalized spacial score (nSPS) is 15.9. The minimum absolute atomic E-state index is 0.0755. The highest BCUT2D eigenvalue weighted by atomic mass is 35.5. The molecule has 1 N–H and O–H groups in total. The van der Waals surface area contributed by atoms with E-state index in [0.717, 1.165) is 38.4 Å². The maximum atomic E-state index is 11.8. The number of hydrogen-bond acceptors (Lipinski definition) is 3. The molecule has 1 heterocycles. The van der Waals surface area contributed by atoms with Crippen LogP contribution in [-0.2, 0) is 16.0 Å². The lowest BCUT2D eigenvalue weighted by Crippen LogP contribution is -2.39. The second kappa shape index (κ2) is 8.59. The van der Waals surface area contributed by atoms with Gasteiger partial charge >= 0.3 is 0 Å². The molecular weight excluding hydrogens is 311 g/mol. The Balaban J connectivity index is 1.64. The zero-order valence-electron chi connectivity index (χ0n) is 11.9. The third-order valence-electron chi connectivity index (χ3n) is 3.49. The fourth-order valence-electron chi connectivity index (χ4n) is 2.23. The number of carbonyl (C=O) groups excluding carboxylic acids is 1. The fraction of sp³-hybridized carbons (Fsp3) is 0.533. The molecule has 2 rings (SSSR count). The summed E-state index contributed by atoms with van der Waals surface area (Å²) in [4.78, 5) is 14.0. The molecule has 1 fully saturated rings. The maximum absolute atomic E-state index is 11.8. The SMILES string of the molecule is O=C(CCN1CCOCC1)NCCc1ccc(Cl)cc1Cl. The quantitative estimate of drug-likeness (QED) is 0.870. The number of nitrogens with one attached hydrogen (secondary N) is 1. The monoisotopic (exact) mass is 330 g/mol. The summed E-state index contributed by atoms with van der Waals surface area (Å²) in [7, 11) is 0. The summed E-state index contributed by atoms with van der Waals surface area (Å²) in [5.74, 6) is 0.0755. The van der Waals surface area contributed by atoms with E-state index in [-0.39, 0.29) is 5.91 Å². The zero-order valence-corrected chi connectivity index (χ0v) is 13.4. The molecule has 0 aliphatic carbocycles. The minimum Gasteiger partial charge on any atom is -0.379 e. The van der Waals surface area contributed by atoms with Crippen molar-refractivity contribution in [3.63, 3.8) is 0 Å². The summed E-state index contributed by atoms with van der Waals surface area (Å²) in [6.45, 7) is 4.72. The standard InChI is InChI=1S/C15H20Cl2N2O2/c16-13-2-1-12(14(17)11-13)3-5-18-15(20)4-6-19-7-9-21-10-8-19/h1-2,11H,3-10H2,(H,18,20). The number of nitrogens with zero attached hydrogens (tertiary/aromatic N) is 1. The van der Waals surface area contributed by atoms with Crippen molar-refractivity contribution in [1.82, 2.24) is 10.2 Å². The Bertz CT molecular complexity index is 477. The van der Waals surface area contributed by atoms with Crippen molar-refractivity contribution < 1.29 is 9.53 Å². The first-order chi connectivity index (χ1) is 10.1. The third kappa shape index (κ3) is 5.83. The number of rotatable bonds is 6. The molecule has 0 bridgehead atoms. The molecule has 0 saturated carbocycles. The van der Waals surface area contributed by atoms with Gasteiger partial charge in [-0.2, -0.15) is 0 Å². The Morgan fingerprint density at radius 2 is 2.05 bits per heavy atom. The Labute approximate surface area is 135 Å². The molecule has 1 aliphatic rings. The molecule has 0 radical (unpaired) electrons. The van der Waals surface area contributed by atoms with Crippen molar-refractivity contribution in [2.75, 3.05) is 39.4 Å². The van der Waals surface area contributed by atoms with E-state index in [2.05, 4.69) is 10.2 Å². The van der Waals surface area contributed by atoms with Gasteiger partial charge in [-0.3, -0.25) is 9.69 Å². The van der Waals surface area contributed by atoms with Crippen LogP contribution in [0.5, 0.6) is 0 Å². The Hall–Kier alpha value is -0.810. The van der Waals surface area contributed by atoms with Gasteiger partial charge < -0.3 is 10.1 Å². The molecule has 1 aliphatic heterocycles. The van der Waals surface area contributed by atoms with Crippen LogP contribution in [0.3, 0.4) is 0 Å². The number of carbonyl (C=O) groups is 1. The van der Waals surface area contributed by atoms with Gasteiger partial charge in [0.05, 0.1) is 13.2 Å². The Morgan fingerprint density at radius 1 is 1.29 bits per heavy atom. The summed E-state index contributed by atoms with van der Waals surface area (Å²) in [6.07, 6.45) is 1.23. The van der Waals surface area contributed by atoms with Gasteiger partial charge in [0.15, 0.2) is 0 Å². The van der Waals surface area contributed by atoms with Gasteiger partial charge in [-0.15, -0.1) is 0 Å². The van der Waals surface area contributed by atoms with E-state index in [1.807, 2.05) is 12.1 Å². The lowest BCUT2D eigenvalue weighted by molar-refractivity contribution is -0.121. The summed E-state index contributed by atoms with van der Waals surface area (Å²) >= 11 is 11.9. The largest absolute Gasteiger partial charge is 0.379 e. The predicted octanol–water partition coefficient (Wildman–Crippen LogP) is 2.37. The van der Waals surface area contributed by atoms with Crippen LogP contribution in [0.4, 0.5) is 0 Å². The van der Waals surface area contributed by atoms with E-state index in [4.69, 9.17) is 27.9 Å². The lowest BCUT2D eigenvalue weighted by Gasteiger charge is -2.26. The Kier molecular flexibility index (Phi) is 6.77. The molecule has 116 valence electrons. The first-order valence-corrected chi connectivity index (χ1v) is 7.91. The number of benzene rings is 1. The number of halogens is 2. The van der Waals surface area contributed by atoms with Crippen LogP contribution < -0.4 is 5.32 Å². The predicted molar refractivity (Wildman–Crippen MR) is 85.1 cm³/mol. The first-order valence-electron chi connectivity index (χ1n) is 7.16. The van der Waals surface area contributed by atoms with Crippen molar-refractivity contribution >= 4 is 29.1 Å². The van der Waals surface area contributed by atoms with Gasteiger partial charge in [-0.25, -0.2) is 0 Å². The molecule has 0 atom stereocenters. The molecule has 21 heavy (non-hydrogen) atoms. The number of amides is 1. The molecule has 0 unspecified atom stereocenters. The van der Waals surface area contributed by atoms with Crippen molar-refractivity contribution in [2.45, 2.75) is 12.8 Å². The zero-order chi connectivity index (χ0) is 15.1. The van der Waals surface area contributed by atoms with E-state index in [0.29, 0.717) is 29.4 Å². The van der Waals surface area contributed by atoms with Crippen LogP contribution in [-0.4, -0.2) is 50.2 Å². The highest BCUT2D eigenvalue weighted by Crippen LogP contribution is 2.20. The second-order valence-corrected chi connectivity index (χ2v) is 5.88. The molecule has 1 saturated heterocycles. The van der Waals surface area contributed by atoms with Gasteiger partial charge in [0.25, 0.3) is 0 Å². The topological polar surface area (TPSA) is 41.6 Å². The minimum atomic E-state index is 0.0755. The lowest BCUT2D eigenvalue weighted by atomic mass is 10.1. The highest BCUT2D eigenvalue weighted by Gasteiger charge is 2.11. The summed E-state index contributed by atoms with van der Waals surface area (Å²) < 4.78 is 5.28. The second-order valence-electron chi connectivity index (χ2n) is 5.04. The highest BCUT2D eigenvalue weighted by molar-refractivity contribution is 6.35. The molecule has 4 nitrogen and oxygen atoms in total. The van der Waals surface area contributed by atoms with E-state index in [1.165, 1.54) is 0 Å². The number of ether oxygens (including phenoxy) is 1. The smallest absolute Gasteiger partial charge is 0.221 e. The molecule has 0 aromatic heterocycles. The van der Waals surface area contributed by atoms with E-state index >= 15 is 0 Å². The third-order valence-corrected chi connectivity index (χ3v) is 4.08. The molecule has 1 aromatic carbocycles. The number of morpholine rings is 1. The van der Waals surface area contributed by atoms with Crippen molar-refractivity contribution in [1.29, 1.82) is 0 Å². The van der Waals surface area contributed by atoms with Crippen molar-refractivity contribution in [3.8, 4) is 0 Å². The summed E-state index contributed by atoms with van der Waals surface area (Å²) in [6, 6.07) is 5.42. The Morgan fingerprint density at radius 3 is 2.76 bits per heavy atom. The van der Waals surface area contributed by atoms with Gasteiger partial charge in [0.1, 0.15) is 0 Å². The maximum Gasteiger partial charge on any atom is 0.221 e. The molecule has 6 heteroatoms. The van der Waals surface area contributed by atoms with Gasteiger partial charge in [0, 0.05) is 42.6 Å². The molecule has 1 amide bonds. The fourth-order valence-corrected chi connectivity index (χ4v) is 2.74. The first kappa shape index (κ1) is 16.6. The van der Waals surface area contributed by atoms with Crippen LogP contribution in [0.15, 0.2) is 18.2 Å². The van der Waals surface area contributed by atoms with Crippen LogP contribution in [0.1, 0.15) is 12.0 Å². The van der Waals surface area contributed by atoms with Gasteiger partial charge in [-0.1, -0.05) is 29.3 Å².